The molecule has 2 saturated heterocycles. The summed E-state index contributed by atoms with van der Waals surface area (Å²) < 4.78 is 34.1. The number of aliphatic hydroxyl groups excluding tert-OH is 1. The van der Waals surface area contributed by atoms with E-state index in [1.807, 2.05) is 11.4 Å². The highest BCUT2D eigenvalue weighted by Gasteiger charge is 2.52. The molecule has 141 heavy (non-hydrogen) atoms. The first-order valence-corrected chi connectivity index (χ1v) is 46.2. The number of carbonyl (C=O) groups excluding carboxylic acids is 1. The van der Waals surface area contributed by atoms with E-state index >= 15 is 0 Å². The molecule has 1 spiro atoms. The van der Waals surface area contributed by atoms with Crippen LogP contribution in [-0.2, 0) is 60.5 Å². The van der Waals surface area contributed by atoms with Gasteiger partial charge in [-0.1, -0.05) is 29.1 Å². The standard InChI is InChI=1S/C91H4.C17H22ClNOS.C11H17NO.C6H7ClOS.CH4O3S.S2/c1-3-5-7-9-11-13-15-17-19-21-23-25-27-29-31-33-35-37-39-41-43-45-47-49-51-53-55-57-59-61-63-65-67-69-71-73-75-77-79-81-83-85-87-89-91-90-88-86-84-82-80-78-76-74-72-70-68-66-64-62-60-58-56-54-52-50-48-46-44-42-40-38-36-34-32-30-28-26-24-22-20-18-16-14-12-10-8-6-4-2;18-15-7-12-5-6-20-17(16(12)21-15)8-13(10-1-2-10)19-14(9-17)11-3-4-11;13-9-5-10(7-1-2-7)12-11(6-9)8-3-4-8;7-6-3-5(1-2-8)4-9-6;1-5(2,3)4;1-2/h1H,2H3;7,10-11,13-14,19H,1-6,8-9H2;7-8,10-12H,1-6H2;3-4,8H,1-2H2;1H3,(H,2,3,4);/t;13-,14+,17?;10-,11+;;;. The van der Waals surface area contributed by atoms with Crippen molar-refractivity contribution in [3.05, 3.63) is 42.2 Å². The molecule has 9 rings (SSSR count). The number of hydrogen-bond donors (Lipinski definition) is 4. The molecule has 7 aliphatic rings. The number of fused-ring (bicyclic) bond motifs is 2. The molecule has 5 atom stereocenters. The topological polar surface area (TPSA) is 125 Å². The molecule has 0 amide bonds. The fourth-order valence-electron chi connectivity index (χ4n) is 10.4. The monoisotopic (exact) mass is 1920 g/mol. The number of halogens is 2. The van der Waals surface area contributed by atoms with E-state index in [2.05, 4.69) is 566 Å². The van der Waals surface area contributed by atoms with Crippen LogP contribution in [-0.4, -0.2) is 67.5 Å². The van der Waals surface area contributed by atoms with Gasteiger partial charge in [-0.15, -0.1) is 29.1 Å². The third-order valence-corrected chi connectivity index (χ3v) is 18.8. The highest BCUT2D eigenvalue weighted by atomic mass is 35.5. The molecule has 4 aliphatic carbocycles. The second kappa shape index (κ2) is 78.7. The summed E-state index contributed by atoms with van der Waals surface area (Å²) in [7, 11) is -3.67. The predicted molar refractivity (Wildman–Crippen MR) is 565 cm³/mol. The van der Waals surface area contributed by atoms with Gasteiger partial charge in [-0.05, 0) is 231 Å². The Labute approximate surface area is 860 Å². The normalized spacial score (nSPS) is 13.3. The molecule has 6 fully saturated rings. The largest absolute Gasteiger partial charge is 0.396 e. The molecule has 2 aromatic heterocycles. The number of rotatable bonds is 6. The van der Waals surface area contributed by atoms with E-state index in [1.165, 1.54) is 73.1 Å². The van der Waals surface area contributed by atoms with Gasteiger partial charge in [-0.25, -0.2) is 0 Å². The van der Waals surface area contributed by atoms with E-state index in [9.17, 15) is 13.2 Å². The van der Waals surface area contributed by atoms with Crippen molar-refractivity contribution in [1.29, 1.82) is 0 Å². The number of terminal acetylenes is 1. The smallest absolute Gasteiger partial charge is 0.261 e. The Morgan fingerprint density at radius 2 is 0.567 bits per heavy atom. The minimum atomic E-state index is -3.67. The second-order valence-corrected chi connectivity index (χ2v) is 30.9. The molecule has 5 heterocycles. The lowest BCUT2D eigenvalue weighted by Crippen LogP contribution is -2.55. The molecule has 648 valence electrons. The molecule has 0 radical (unpaired) electrons. The van der Waals surface area contributed by atoms with E-state index in [-0.39, 0.29) is 12.2 Å². The first-order chi connectivity index (χ1) is 69.3. The number of Topliss-reactive ketones (excluding diaryl/α,β-unsaturated/α-hetero) is 1. The Hall–Kier alpha value is -20.0. The zero-order valence-electron chi connectivity index (χ0n) is 74.6. The lowest BCUT2D eigenvalue weighted by Gasteiger charge is -2.47. The van der Waals surface area contributed by atoms with Gasteiger partial charge in [-0.2, -0.15) is 8.42 Å². The molecule has 2 aromatic rings. The molecule has 8 nitrogen and oxygen atoms in total. The van der Waals surface area contributed by atoms with Crippen LogP contribution in [0.3, 0.4) is 0 Å². The quantitative estimate of drug-likeness (QED) is 0.168. The number of nitrogens with one attached hydrogen (secondary N) is 2. The van der Waals surface area contributed by atoms with Crippen LogP contribution in [0.25, 0.3) is 0 Å². The van der Waals surface area contributed by atoms with Crippen molar-refractivity contribution in [2.75, 3.05) is 19.5 Å². The van der Waals surface area contributed by atoms with Crippen LogP contribution in [0.15, 0.2) is 17.5 Å². The molecule has 1 unspecified atom stereocenters. The number of piperidine rings is 2. The summed E-state index contributed by atoms with van der Waals surface area (Å²) in [6, 6.07) is 6.49. The van der Waals surface area contributed by atoms with Gasteiger partial charge in [0.25, 0.3) is 10.1 Å². The average Bonchev–Trinajstić information content (AvgIpc) is 1.60. The van der Waals surface area contributed by atoms with E-state index < -0.39 is 10.1 Å². The van der Waals surface area contributed by atoms with Crippen molar-refractivity contribution in [3.8, 4) is 533 Å². The van der Waals surface area contributed by atoms with Crippen LogP contribution < -0.4 is 10.6 Å². The van der Waals surface area contributed by atoms with Crippen molar-refractivity contribution in [2.24, 2.45) is 23.7 Å². The van der Waals surface area contributed by atoms with Crippen LogP contribution in [0.4, 0.5) is 0 Å². The fourth-order valence-corrected chi connectivity index (χ4v) is 12.8. The summed E-state index contributed by atoms with van der Waals surface area (Å²) in [5.41, 5.74) is 2.55. The first kappa shape index (κ1) is 113. The lowest BCUT2D eigenvalue weighted by molar-refractivity contribution is -0.122. The lowest BCUT2D eigenvalue weighted by atomic mass is 9.77. The first-order valence-electron chi connectivity index (χ1n) is 40.6. The van der Waals surface area contributed by atoms with Crippen LogP contribution in [0.2, 0.25) is 8.67 Å². The maximum Gasteiger partial charge on any atom is 0.261 e. The summed E-state index contributed by atoms with van der Waals surface area (Å²) >= 11 is 22.6. The van der Waals surface area contributed by atoms with Crippen molar-refractivity contribution in [1.82, 2.24) is 10.6 Å². The molecule has 15 heteroatoms. The van der Waals surface area contributed by atoms with Gasteiger partial charge in [-0.3, -0.25) is 9.35 Å². The average molecular weight is 1920 g/mol. The Morgan fingerprint density at radius 1 is 0.362 bits per heavy atom. The van der Waals surface area contributed by atoms with Gasteiger partial charge in [0.05, 0.1) is 21.5 Å². The third kappa shape index (κ3) is 66.1. The summed E-state index contributed by atoms with van der Waals surface area (Å²) in [4.78, 5) is 13.0. The SMILES string of the molecule is C#CC#CC#CC#CC#CC#CC#CC#CC#CC#CC#CC#CC#CC#CC#CC#CC#CC#CC#CC#CC#CC#CC#CC#CC#CC#CC#CC#CC#CC#CC#CC#CC#CC#CC#CC#CC#CC#CC#CC#CC#CC#CC#CC#CC#CC.CS(=O)(=O)O.Clc1cc2c(s1)C1(C[C@@H](C3CC3)N[C@@H](C3CC3)C1)OCC2.O=C1C[C@@H](C2CC2)N[C@@H](C2CC2)C1.OCCc1csc(Cl)c1.S=S. The summed E-state index contributed by atoms with van der Waals surface area (Å²) in [6.07, 6.45) is 22.4. The Morgan fingerprint density at radius 3 is 0.759 bits per heavy atom. The van der Waals surface area contributed by atoms with E-state index in [1.54, 1.807) is 18.3 Å². The Kier molecular flexibility index (Phi) is 63.3. The van der Waals surface area contributed by atoms with E-state index in [4.69, 9.17) is 44.0 Å². The summed E-state index contributed by atoms with van der Waals surface area (Å²) in [5.74, 6) is 226. The van der Waals surface area contributed by atoms with Gasteiger partial charge < -0.3 is 20.5 Å². The Bertz CT molecular complexity index is 8590. The van der Waals surface area contributed by atoms with Gasteiger partial charge >= 0.3 is 0 Å². The summed E-state index contributed by atoms with van der Waals surface area (Å²) in [5, 5.41) is 18.1. The van der Waals surface area contributed by atoms with Crippen molar-refractivity contribution >= 4 is 84.2 Å². The third-order valence-electron chi connectivity index (χ3n) is 16.2. The van der Waals surface area contributed by atoms with Crippen LogP contribution in [0, 0.1) is 557 Å². The zero-order valence-corrected chi connectivity index (χ0v) is 80.2. The highest BCUT2D eigenvalue weighted by Crippen LogP contribution is 2.53. The molecule has 0 aromatic carbocycles. The number of hydrogen-bond acceptors (Lipinski definition) is 11. The number of aliphatic hydroxyl groups is 1. The molecule has 4 saturated carbocycles. The minimum Gasteiger partial charge on any atom is -0.396 e. The van der Waals surface area contributed by atoms with Gasteiger partial charge in [0.2, 0.25) is 0 Å². The number of ether oxygens (including phenoxy) is 1. The summed E-state index contributed by atoms with van der Waals surface area (Å²) in [6.45, 7) is 2.75. The van der Waals surface area contributed by atoms with E-state index in [0.717, 1.165) is 76.6 Å². The number of thiophene rings is 2. The molecule has 4 N–H and O–H groups in total. The number of carbonyl (C=O) groups is 1. The van der Waals surface area contributed by atoms with E-state index in [0.29, 0.717) is 42.6 Å². The molecule has 3 aliphatic heterocycles. The predicted octanol–water partition coefficient (Wildman–Crippen LogP) is 7.83. The second-order valence-electron chi connectivity index (χ2n) is 26.2. The van der Waals surface area contributed by atoms with Gasteiger partial charge in [0.15, 0.2) is 0 Å². The number of ketones is 1. The maximum absolute atomic E-state index is 11.5. The van der Waals surface area contributed by atoms with Crippen molar-refractivity contribution < 1.29 is 27.6 Å². The van der Waals surface area contributed by atoms with Crippen LogP contribution in [0.1, 0.15) is 100.0 Å². The van der Waals surface area contributed by atoms with Gasteiger partial charge in [0, 0.05) is 497 Å². The molecular weight excluding hydrogens is 1870 g/mol. The van der Waals surface area contributed by atoms with Crippen molar-refractivity contribution in [3.63, 3.8) is 0 Å². The molecule has 0 bridgehead atoms. The fraction of sp³-hybridized carbons (Fsp3) is 0.214. The highest BCUT2D eigenvalue weighted by molar-refractivity contribution is 8.07. The zero-order chi connectivity index (χ0) is 101. The molecular formula is C126H54Cl2N2O6S5. The van der Waals surface area contributed by atoms with Crippen molar-refractivity contribution in [2.45, 2.75) is 127 Å². The van der Waals surface area contributed by atoms with Crippen LogP contribution in [0.5, 0.6) is 0 Å². The maximum atomic E-state index is 11.5. The van der Waals surface area contributed by atoms with Gasteiger partial charge in [0.1, 0.15) is 11.4 Å². The van der Waals surface area contributed by atoms with Crippen LogP contribution >= 0.6 is 45.9 Å². The Balaban J connectivity index is 0.000000642. The minimum absolute atomic E-state index is 0.0306.